The normalized spacial score (nSPS) is 11.9. The van der Waals surface area contributed by atoms with Crippen molar-refractivity contribution in [3.63, 3.8) is 0 Å². The molecule has 1 aromatic heterocycles. The van der Waals surface area contributed by atoms with Crippen molar-refractivity contribution in [3.8, 4) is 0 Å². The van der Waals surface area contributed by atoms with Gasteiger partial charge in [-0.3, -0.25) is 4.79 Å². The number of aryl methyl sites for hydroxylation is 1. The Hall–Kier alpha value is -2.18. The van der Waals surface area contributed by atoms with E-state index in [1.165, 1.54) is 28.7 Å². The molecule has 0 aliphatic rings. The topological polar surface area (TPSA) is 54.9 Å². The molecule has 1 heterocycles. The summed E-state index contributed by atoms with van der Waals surface area (Å²) >= 11 is 2.92. The van der Waals surface area contributed by atoms with Gasteiger partial charge in [-0.25, -0.2) is 0 Å². The molecule has 1 atom stereocenters. The second kappa shape index (κ2) is 8.27. The molecule has 0 aliphatic heterocycles. The Balaban J connectivity index is 1.57. The molecule has 0 spiro atoms. The molecule has 2 aromatic carbocycles. The molecule has 0 saturated heterocycles. The summed E-state index contributed by atoms with van der Waals surface area (Å²) in [5.41, 5.74) is 3.07. The summed E-state index contributed by atoms with van der Waals surface area (Å²) in [7, 11) is 0. The lowest BCUT2D eigenvalue weighted by Crippen LogP contribution is -2.13. The molecule has 0 bridgehead atoms. The van der Waals surface area contributed by atoms with Gasteiger partial charge in [0.15, 0.2) is 10.1 Å². The van der Waals surface area contributed by atoms with Gasteiger partial charge < -0.3 is 5.32 Å². The molecule has 1 N–H and O–H groups in total. The number of benzene rings is 2. The van der Waals surface area contributed by atoms with E-state index in [-0.39, 0.29) is 11.0 Å². The molecule has 4 nitrogen and oxygen atoms in total. The van der Waals surface area contributed by atoms with E-state index >= 15 is 0 Å². The van der Waals surface area contributed by atoms with Gasteiger partial charge in [0.25, 0.3) is 0 Å². The number of carbonyl (C=O) groups excluding carboxylic acids is 1. The van der Waals surface area contributed by atoms with Crippen LogP contribution in [0, 0.1) is 6.92 Å². The molecule has 0 aliphatic carbocycles. The molecule has 3 rings (SSSR count). The van der Waals surface area contributed by atoms with Crippen molar-refractivity contribution in [2.45, 2.75) is 30.0 Å². The molecule has 0 radical (unpaired) electrons. The molecule has 3 aromatic rings. The first kappa shape index (κ1) is 17.6. The van der Waals surface area contributed by atoms with Crippen LogP contribution in [0.5, 0.6) is 0 Å². The zero-order chi connectivity index (χ0) is 17.6. The van der Waals surface area contributed by atoms with Crippen LogP contribution in [0.15, 0.2) is 58.9 Å². The van der Waals surface area contributed by atoms with E-state index in [9.17, 15) is 4.79 Å². The number of ketones is 1. The molecule has 0 fully saturated rings. The summed E-state index contributed by atoms with van der Waals surface area (Å²) in [4.78, 5) is 12.5. The van der Waals surface area contributed by atoms with E-state index in [1.807, 2.05) is 56.3 Å². The maximum atomic E-state index is 12.5. The maximum absolute atomic E-state index is 12.5. The standard InChI is InChI=1S/C19H19N3OS2/c1-13-8-10-16(11-9-13)17(23)14(2)24-19-22-21-18(25-19)20-12-15-6-4-3-5-7-15/h3-11,14H,12H2,1-2H3,(H,20,21)/t14-/m0/s1. The first-order valence-electron chi connectivity index (χ1n) is 8.00. The van der Waals surface area contributed by atoms with Crippen molar-refractivity contribution in [2.75, 3.05) is 5.32 Å². The highest BCUT2D eigenvalue weighted by atomic mass is 32.2. The minimum Gasteiger partial charge on any atom is -0.356 e. The van der Waals surface area contributed by atoms with Crippen LogP contribution >= 0.6 is 23.1 Å². The van der Waals surface area contributed by atoms with Crippen LogP contribution in [0.3, 0.4) is 0 Å². The van der Waals surface area contributed by atoms with Gasteiger partial charge in [-0.05, 0) is 19.4 Å². The second-order valence-electron chi connectivity index (χ2n) is 5.70. The van der Waals surface area contributed by atoms with Crippen LogP contribution in [-0.4, -0.2) is 21.2 Å². The fourth-order valence-corrected chi connectivity index (χ4v) is 4.23. The SMILES string of the molecule is Cc1ccc(C(=O)[C@H](C)Sc2nnc(NCc3ccccc3)s2)cc1. The zero-order valence-electron chi connectivity index (χ0n) is 14.1. The monoisotopic (exact) mass is 369 g/mol. The number of carbonyl (C=O) groups is 1. The van der Waals surface area contributed by atoms with E-state index < -0.39 is 0 Å². The third-order valence-corrected chi connectivity index (χ3v) is 5.74. The summed E-state index contributed by atoms with van der Waals surface area (Å²) < 4.78 is 0.795. The fraction of sp³-hybridized carbons (Fsp3) is 0.211. The van der Waals surface area contributed by atoms with Crippen molar-refractivity contribution >= 4 is 34.0 Å². The van der Waals surface area contributed by atoms with E-state index in [1.54, 1.807) is 0 Å². The first-order chi connectivity index (χ1) is 12.1. The largest absolute Gasteiger partial charge is 0.356 e. The van der Waals surface area contributed by atoms with Crippen LogP contribution in [0.25, 0.3) is 0 Å². The summed E-state index contributed by atoms with van der Waals surface area (Å²) in [5.74, 6) is 0.110. The van der Waals surface area contributed by atoms with Crippen molar-refractivity contribution in [1.29, 1.82) is 0 Å². The van der Waals surface area contributed by atoms with Crippen LogP contribution in [0.4, 0.5) is 5.13 Å². The maximum Gasteiger partial charge on any atom is 0.206 e. The van der Waals surface area contributed by atoms with Crippen molar-refractivity contribution in [3.05, 3.63) is 71.3 Å². The van der Waals surface area contributed by atoms with Gasteiger partial charge in [-0.15, -0.1) is 10.2 Å². The Morgan fingerprint density at radius 3 is 2.56 bits per heavy atom. The zero-order valence-corrected chi connectivity index (χ0v) is 15.7. The number of nitrogens with one attached hydrogen (secondary N) is 1. The Labute approximate surface area is 155 Å². The Kier molecular flexibility index (Phi) is 5.83. The van der Waals surface area contributed by atoms with E-state index in [0.717, 1.165) is 20.6 Å². The summed E-state index contributed by atoms with van der Waals surface area (Å²) in [6.45, 7) is 4.63. The predicted molar refractivity (Wildman–Crippen MR) is 105 cm³/mol. The highest BCUT2D eigenvalue weighted by Crippen LogP contribution is 2.30. The van der Waals surface area contributed by atoms with Crippen LogP contribution in [-0.2, 0) is 6.54 Å². The van der Waals surface area contributed by atoms with Crippen molar-refractivity contribution < 1.29 is 4.79 Å². The number of rotatable bonds is 7. The number of aromatic nitrogens is 2. The number of anilines is 1. The fourth-order valence-electron chi connectivity index (χ4n) is 2.26. The number of thioether (sulfide) groups is 1. The van der Waals surface area contributed by atoms with Gasteiger partial charge in [0.05, 0.1) is 5.25 Å². The molecular formula is C19H19N3OS2. The first-order valence-corrected chi connectivity index (χ1v) is 9.70. The minimum atomic E-state index is -0.197. The lowest BCUT2D eigenvalue weighted by molar-refractivity contribution is 0.0994. The minimum absolute atomic E-state index is 0.110. The molecule has 128 valence electrons. The van der Waals surface area contributed by atoms with Crippen LogP contribution in [0.1, 0.15) is 28.4 Å². The predicted octanol–water partition coefficient (Wildman–Crippen LogP) is 4.82. The average molecular weight is 370 g/mol. The highest BCUT2D eigenvalue weighted by Gasteiger charge is 2.18. The van der Waals surface area contributed by atoms with Gasteiger partial charge in [-0.2, -0.15) is 0 Å². The third-order valence-electron chi connectivity index (χ3n) is 3.68. The average Bonchev–Trinajstić information content (AvgIpc) is 3.08. The number of Topliss-reactive ketones (excluding diaryl/α,β-unsaturated/α-hetero) is 1. The van der Waals surface area contributed by atoms with Crippen molar-refractivity contribution in [2.24, 2.45) is 0 Å². The molecular weight excluding hydrogens is 350 g/mol. The van der Waals surface area contributed by atoms with Crippen LogP contribution in [0.2, 0.25) is 0 Å². The summed E-state index contributed by atoms with van der Waals surface area (Å²) in [6, 6.07) is 17.8. The Morgan fingerprint density at radius 2 is 1.84 bits per heavy atom. The van der Waals surface area contributed by atoms with Gasteiger partial charge in [-0.1, -0.05) is 83.3 Å². The lowest BCUT2D eigenvalue weighted by atomic mass is 10.1. The number of hydrogen-bond acceptors (Lipinski definition) is 6. The summed E-state index contributed by atoms with van der Waals surface area (Å²) in [5, 5.41) is 12.2. The third kappa shape index (κ3) is 4.90. The molecule has 0 unspecified atom stereocenters. The summed E-state index contributed by atoms with van der Waals surface area (Å²) in [6.07, 6.45) is 0. The second-order valence-corrected chi connectivity index (χ2v) is 8.27. The van der Waals surface area contributed by atoms with E-state index in [0.29, 0.717) is 6.54 Å². The van der Waals surface area contributed by atoms with E-state index in [4.69, 9.17) is 0 Å². The van der Waals surface area contributed by atoms with Crippen LogP contribution < -0.4 is 5.32 Å². The Bertz CT molecular complexity index is 831. The van der Waals surface area contributed by atoms with Gasteiger partial charge in [0.2, 0.25) is 5.13 Å². The molecule has 6 heteroatoms. The molecule has 0 amide bonds. The van der Waals surface area contributed by atoms with Gasteiger partial charge in [0, 0.05) is 12.1 Å². The quantitative estimate of drug-likeness (QED) is 0.478. The van der Waals surface area contributed by atoms with Crippen molar-refractivity contribution in [1.82, 2.24) is 10.2 Å². The molecule has 0 saturated carbocycles. The Morgan fingerprint density at radius 1 is 1.12 bits per heavy atom. The number of hydrogen-bond donors (Lipinski definition) is 1. The van der Waals surface area contributed by atoms with Gasteiger partial charge >= 0.3 is 0 Å². The smallest absolute Gasteiger partial charge is 0.206 e. The van der Waals surface area contributed by atoms with E-state index in [2.05, 4.69) is 27.6 Å². The molecule has 25 heavy (non-hydrogen) atoms. The highest BCUT2D eigenvalue weighted by molar-refractivity contribution is 8.02. The van der Waals surface area contributed by atoms with Gasteiger partial charge in [0.1, 0.15) is 0 Å². The lowest BCUT2D eigenvalue weighted by Gasteiger charge is -2.08. The number of nitrogens with zero attached hydrogens (tertiary/aromatic N) is 2.